The Bertz CT molecular complexity index is 979. The van der Waals surface area contributed by atoms with E-state index >= 15 is 0 Å². The number of anilines is 2. The molecule has 1 aromatic heterocycles. The zero-order valence-electron chi connectivity index (χ0n) is 14.0. The molecular weight excluding hydrogens is 348 g/mol. The number of amides is 1. The van der Waals surface area contributed by atoms with Crippen LogP contribution < -0.4 is 15.5 Å². The third-order valence-electron chi connectivity index (χ3n) is 4.02. The number of ether oxygens (including phenoxy) is 1. The summed E-state index contributed by atoms with van der Waals surface area (Å²) >= 11 is 1.48. The number of rotatable bonds is 5. The first-order valence-corrected chi connectivity index (χ1v) is 8.91. The van der Waals surface area contributed by atoms with E-state index in [0.717, 1.165) is 33.8 Å². The Morgan fingerprint density at radius 2 is 2.12 bits per heavy atom. The molecule has 2 N–H and O–H groups in total. The average molecular weight is 364 g/mol. The zero-order valence-corrected chi connectivity index (χ0v) is 14.8. The van der Waals surface area contributed by atoms with Gasteiger partial charge in [0.05, 0.1) is 25.4 Å². The Hall–Kier alpha value is -3.19. The van der Waals surface area contributed by atoms with Crippen LogP contribution in [0.15, 0.2) is 52.9 Å². The van der Waals surface area contributed by atoms with E-state index in [2.05, 4.69) is 20.8 Å². The van der Waals surface area contributed by atoms with E-state index in [1.54, 1.807) is 13.3 Å². The summed E-state index contributed by atoms with van der Waals surface area (Å²) in [5.74, 6) is 0.844. The number of nitrogens with zero attached hydrogens (tertiary/aromatic N) is 2. The van der Waals surface area contributed by atoms with Crippen molar-refractivity contribution in [3.05, 3.63) is 59.0 Å². The highest BCUT2D eigenvalue weighted by Gasteiger charge is 2.18. The number of hydrogen-bond donors (Lipinski definition) is 2. The third kappa shape index (κ3) is 3.43. The standard InChI is InChI=1S/C19H16N4O2S/c1-25-15-5-2-12(3-6-15)10-20-23-19-22-17(11-26-19)13-4-7-16-14(8-13)9-18(24)21-16/h2-8,10-11H,9H2,1H3,(H,21,24)(H,22,23)/b20-10-. The lowest BCUT2D eigenvalue weighted by Gasteiger charge is -2.01. The summed E-state index contributed by atoms with van der Waals surface area (Å²) in [4.78, 5) is 16.0. The van der Waals surface area contributed by atoms with Gasteiger partial charge in [-0.15, -0.1) is 11.3 Å². The molecule has 3 aromatic rings. The number of hydrazone groups is 1. The highest BCUT2D eigenvalue weighted by atomic mass is 32.1. The molecule has 0 radical (unpaired) electrons. The van der Waals surface area contributed by atoms with Crippen molar-refractivity contribution in [2.45, 2.75) is 6.42 Å². The molecule has 130 valence electrons. The summed E-state index contributed by atoms with van der Waals surface area (Å²) in [6.45, 7) is 0. The Labute approximate surface area is 154 Å². The minimum atomic E-state index is 0.0330. The molecule has 2 aromatic carbocycles. The van der Waals surface area contributed by atoms with Crippen LogP contribution in [0.1, 0.15) is 11.1 Å². The van der Waals surface area contributed by atoms with Gasteiger partial charge >= 0.3 is 0 Å². The lowest BCUT2D eigenvalue weighted by atomic mass is 10.1. The topological polar surface area (TPSA) is 75.6 Å². The van der Waals surface area contributed by atoms with Crippen LogP contribution in [0.25, 0.3) is 11.3 Å². The van der Waals surface area contributed by atoms with Crippen molar-refractivity contribution >= 4 is 34.3 Å². The fraction of sp³-hybridized carbons (Fsp3) is 0.105. The van der Waals surface area contributed by atoms with Gasteiger partial charge in [0.15, 0.2) is 0 Å². The van der Waals surface area contributed by atoms with E-state index in [9.17, 15) is 4.79 Å². The van der Waals surface area contributed by atoms with Crippen LogP contribution in [0, 0.1) is 0 Å². The number of thiazole rings is 1. The molecule has 0 unspecified atom stereocenters. The molecule has 0 saturated carbocycles. The van der Waals surface area contributed by atoms with Gasteiger partial charge in [0.25, 0.3) is 0 Å². The number of methoxy groups -OCH3 is 1. The second kappa shape index (κ2) is 6.97. The summed E-state index contributed by atoms with van der Waals surface area (Å²) in [6.07, 6.45) is 2.15. The van der Waals surface area contributed by atoms with Gasteiger partial charge in [0.1, 0.15) is 5.75 Å². The number of aromatic nitrogens is 1. The van der Waals surface area contributed by atoms with Crippen LogP contribution in [0.4, 0.5) is 10.8 Å². The van der Waals surface area contributed by atoms with Crippen molar-refractivity contribution in [3.63, 3.8) is 0 Å². The largest absolute Gasteiger partial charge is 0.497 e. The predicted molar refractivity (Wildman–Crippen MR) is 104 cm³/mol. The zero-order chi connectivity index (χ0) is 17.9. The quantitative estimate of drug-likeness (QED) is 0.534. The number of nitrogens with one attached hydrogen (secondary N) is 2. The summed E-state index contributed by atoms with van der Waals surface area (Å²) in [6, 6.07) is 13.5. The van der Waals surface area contributed by atoms with Gasteiger partial charge in [0.2, 0.25) is 11.0 Å². The van der Waals surface area contributed by atoms with Crippen LogP contribution in [-0.2, 0) is 11.2 Å². The SMILES string of the molecule is COc1ccc(/C=N\Nc2nc(-c3ccc4c(c3)CC(=O)N4)cs2)cc1. The maximum absolute atomic E-state index is 11.5. The van der Waals surface area contributed by atoms with E-state index in [1.807, 2.05) is 47.8 Å². The smallest absolute Gasteiger partial charge is 0.228 e. The predicted octanol–water partition coefficient (Wildman–Crippen LogP) is 3.76. The van der Waals surface area contributed by atoms with E-state index < -0.39 is 0 Å². The van der Waals surface area contributed by atoms with Crippen molar-refractivity contribution in [3.8, 4) is 17.0 Å². The van der Waals surface area contributed by atoms with Gasteiger partial charge in [-0.25, -0.2) is 4.98 Å². The second-order valence-electron chi connectivity index (χ2n) is 5.78. The number of benzene rings is 2. The van der Waals surface area contributed by atoms with E-state index in [4.69, 9.17) is 4.74 Å². The molecule has 0 aliphatic carbocycles. The highest BCUT2D eigenvalue weighted by molar-refractivity contribution is 7.14. The van der Waals surface area contributed by atoms with Gasteiger partial charge in [0, 0.05) is 16.6 Å². The van der Waals surface area contributed by atoms with E-state index in [-0.39, 0.29) is 5.91 Å². The molecule has 1 amide bonds. The van der Waals surface area contributed by atoms with Crippen LogP contribution in [0.3, 0.4) is 0 Å². The van der Waals surface area contributed by atoms with Crippen molar-refractivity contribution in [1.82, 2.24) is 4.98 Å². The maximum atomic E-state index is 11.5. The molecule has 2 heterocycles. The molecule has 6 nitrogen and oxygen atoms in total. The lowest BCUT2D eigenvalue weighted by molar-refractivity contribution is -0.115. The number of fused-ring (bicyclic) bond motifs is 1. The molecule has 7 heteroatoms. The molecule has 0 spiro atoms. The first-order valence-electron chi connectivity index (χ1n) is 8.03. The van der Waals surface area contributed by atoms with Crippen molar-refractivity contribution in [2.75, 3.05) is 17.9 Å². The monoisotopic (exact) mass is 364 g/mol. The number of carbonyl (C=O) groups is 1. The summed E-state index contributed by atoms with van der Waals surface area (Å²) in [7, 11) is 1.64. The van der Waals surface area contributed by atoms with Crippen LogP contribution in [-0.4, -0.2) is 24.2 Å². The number of hydrogen-bond acceptors (Lipinski definition) is 6. The molecule has 0 saturated heterocycles. The Morgan fingerprint density at radius 3 is 2.92 bits per heavy atom. The second-order valence-corrected chi connectivity index (χ2v) is 6.64. The Kier molecular flexibility index (Phi) is 4.37. The highest BCUT2D eigenvalue weighted by Crippen LogP contribution is 2.30. The molecular formula is C19H16N4O2S. The Balaban J connectivity index is 1.44. The van der Waals surface area contributed by atoms with Gasteiger partial charge in [-0.05, 0) is 47.5 Å². The van der Waals surface area contributed by atoms with E-state index in [0.29, 0.717) is 11.6 Å². The van der Waals surface area contributed by atoms with Gasteiger partial charge in [-0.2, -0.15) is 5.10 Å². The van der Waals surface area contributed by atoms with E-state index in [1.165, 1.54) is 11.3 Å². The molecule has 0 fully saturated rings. The van der Waals surface area contributed by atoms with Gasteiger partial charge in [-0.1, -0.05) is 6.07 Å². The molecule has 26 heavy (non-hydrogen) atoms. The fourth-order valence-corrected chi connectivity index (χ4v) is 3.37. The van der Waals surface area contributed by atoms with Crippen molar-refractivity contribution < 1.29 is 9.53 Å². The van der Waals surface area contributed by atoms with Crippen LogP contribution in [0.5, 0.6) is 5.75 Å². The Morgan fingerprint density at radius 1 is 1.27 bits per heavy atom. The molecule has 1 aliphatic rings. The van der Waals surface area contributed by atoms with Crippen molar-refractivity contribution in [1.29, 1.82) is 0 Å². The summed E-state index contributed by atoms with van der Waals surface area (Å²) in [5, 5.41) is 9.73. The lowest BCUT2D eigenvalue weighted by Crippen LogP contribution is -2.03. The molecule has 4 rings (SSSR count). The number of carbonyl (C=O) groups excluding carboxylic acids is 1. The third-order valence-corrected chi connectivity index (χ3v) is 4.77. The molecule has 1 aliphatic heterocycles. The minimum absolute atomic E-state index is 0.0330. The van der Waals surface area contributed by atoms with Gasteiger partial charge < -0.3 is 10.1 Å². The average Bonchev–Trinajstić information content (AvgIpc) is 3.27. The van der Waals surface area contributed by atoms with Crippen molar-refractivity contribution in [2.24, 2.45) is 5.10 Å². The minimum Gasteiger partial charge on any atom is -0.497 e. The maximum Gasteiger partial charge on any atom is 0.228 e. The molecule has 0 atom stereocenters. The summed E-state index contributed by atoms with van der Waals surface area (Å²) in [5.41, 5.74) is 7.66. The first kappa shape index (κ1) is 16.3. The van der Waals surface area contributed by atoms with Gasteiger partial charge in [-0.3, -0.25) is 10.2 Å². The summed E-state index contributed by atoms with van der Waals surface area (Å²) < 4.78 is 5.13. The fourth-order valence-electron chi connectivity index (χ4n) is 2.70. The first-order chi connectivity index (χ1) is 12.7. The normalized spacial score (nSPS) is 12.9. The van der Waals surface area contributed by atoms with Crippen LogP contribution >= 0.6 is 11.3 Å². The molecule has 0 bridgehead atoms. The van der Waals surface area contributed by atoms with Crippen LogP contribution in [0.2, 0.25) is 0 Å².